The zero-order valence-electron chi connectivity index (χ0n) is 12.6. The Balaban J connectivity index is 2.78. The van der Waals surface area contributed by atoms with Crippen LogP contribution in [0.1, 0.15) is 25.8 Å². The van der Waals surface area contributed by atoms with E-state index in [2.05, 4.69) is 5.32 Å². The molecule has 0 fully saturated rings. The van der Waals surface area contributed by atoms with Gasteiger partial charge in [0.05, 0.1) is 13.2 Å². The Bertz CT molecular complexity index is 478. The van der Waals surface area contributed by atoms with Crippen LogP contribution in [-0.2, 0) is 9.53 Å². The largest absolute Gasteiger partial charge is 0.490 e. The SMILES string of the molecule is CNC(C)(CC(C)Oc1cc(F)ccc1C)C(=O)OC. The maximum Gasteiger partial charge on any atom is 0.325 e. The van der Waals surface area contributed by atoms with Crippen molar-refractivity contribution in [2.24, 2.45) is 0 Å². The van der Waals surface area contributed by atoms with Crippen molar-refractivity contribution in [3.8, 4) is 5.75 Å². The first-order chi connectivity index (χ1) is 9.32. The summed E-state index contributed by atoms with van der Waals surface area (Å²) in [7, 11) is 3.04. The maximum atomic E-state index is 13.2. The number of ether oxygens (including phenoxy) is 2. The van der Waals surface area contributed by atoms with Gasteiger partial charge in [-0.15, -0.1) is 0 Å². The molecule has 20 heavy (non-hydrogen) atoms. The topological polar surface area (TPSA) is 47.6 Å². The molecule has 5 heteroatoms. The van der Waals surface area contributed by atoms with Gasteiger partial charge in [0, 0.05) is 12.5 Å². The number of rotatable bonds is 6. The lowest BCUT2D eigenvalue weighted by atomic mass is 9.95. The van der Waals surface area contributed by atoms with Crippen molar-refractivity contribution in [2.75, 3.05) is 14.2 Å². The van der Waals surface area contributed by atoms with Crippen LogP contribution in [0.4, 0.5) is 4.39 Å². The molecule has 0 saturated carbocycles. The number of esters is 1. The van der Waals surface area contributed by atoms with Crippen LogP contribution in [0.3, 0.4) is 0 Å². The summed E-state index contributed by atoms with van der Waals surface area (Å²) in [5, 5.41) is 2.94. The van der Waals surface area contributed by atoms with Crippen LogP contribution in [0.5, 0.6) is 5.75 Å². The van der Waals surface area contributed by atoms with Gasteiger partial charge in [-0.2, -0.15) is 0 Å². The molecule has 1 N–H and O–H groups in total. The van der Waals surface area contributed by atoms with Crippen LogP contribution in [0.25, 0.3) is 0 Å². The number of aryl methyl sites for hydroxylation is 1. The Morgan fingerprint density at radius 2 is 2.15 bits per heavy atom. The number of benzene rings is 1. The van der Waals surface area contributed by atoms with Gasteiger partial charge in [-0.1, -0.05) is 6.07 Å². The highest BCUT2D eigenvalue weighted by Crippen LogP contribution is 2.23. The molecule has 1 rings (SSSR count). The lowest BCUT2D eigenvalue weighted by Crippen LogP contribution is -2.50. The predicted molar refractivity (Wildman–Crippen MR) is 75.3 cm³/mol. The monoisotopic (exact) mass is 283 g/mol. The molecule has 2 unspecified atom stereocenters. The third kappa shape index (κ3) is 3.93. The fraction of sp³-hybridized carbons (Fsp3) is 0.533. The summed E-state index contributed by atoms with van der Waals surface area (Å²) in [5.74, 6) is -0.214. The fourth-order valence-electron chi connectivity index (χ4n) is 2.05. The Morgan fingerprint density at radius 3 is 2.70 bits per heavy atom. The number of nitrogens with one attached hydrogen (secondary N) is 1. The van der Waals surface area contributed by atoms with Crippen molar-refractivity contribution in [2.45, 2.75) is 38.8 Å². The highest BCUT2D eigenvalue weighted by molar-refractivity contribution is 5.80. The molecule has 0 bridgehead atoms. The molecule has 0 heterocycles. The average molecular weight is 283 g/mol. The zero-order valence-corrected chi connectivity index (χ0v) is 12.6. The Kier molecular flexibility index (Phi) is 5.51. The van der Waals surface area contributed by atoms with Gasteiger partial charge in [0.1, 0.15) is 17.1 Å². The molecule has 0 aromatic heterocycles. The van der Waals surface area contributed by atoms with Gasteiger partial charge in [-0.25, -0.2) is 4.39 Å². The molecule has 2 atom stereocenters. The van der Waals surface area contributed by atoms with Crippen molar-refractivity contribution in [3.05, 3.63) is 29.6 Å². The van der Waals surface area contributed by atoms with E-state index < -0.39 is 5.54 Å². The number of hydrogen-bond acceptors (Lipinski definition) is 4. The third-order valence-corrected chi connectivity index (χ3v) is 3.36. The summed E-state index contributed by atoms with van der Waals surface area (Å²) in [6, 6.07) is 4.40. The minimum Gasteiger partial charge on any atom is -0.490 e. The van der Waals surface area contributed by atoms with E-state index in [-0.39, 0.29) is 17.9 Å². The summed E-state index contributed by atoms with van der Waals surface area (Å²) in [4.78, 5) is 11.8. The fourth-order valence-corrected chi connectivity index (χ4v) is 2.05. The summed E-state index contributed by atoms with van der Waals surface area (Å²) in [5.41, 5.74) is 0.0116. The number of hydrogen-bond donors (Lipinski definition) is 1. The van der Waals surface area contributed by atoms with Gasteiger partial charge in [-0.3, -0.25) is 4.79 Å². The van der Waals surface area contributed by atoms with Crippen molar-refractivity contribution in [3.63, 3.8) is 0 Å². The van der Waals surface area contributed by atoms with E-state index in [1.165, 1.54) is 19.2 Å². The summed E-state index contributed by atoms with van der Waals surface area (Å²) >= 11 is 0. The number of likely N-dealkylation sites (N-methyl/N-ethyl adjacent to an activating group) is 1. The lowest BCUT2D eigenvalue weighted by molar-refractivity contribution is -0.148. The van der Waals surface area contributed by atoms with Crippen LogP contribution in [-0.4, -0.2) is 31.8 Å². The van der Waals surface area contributed by atoms with Crippen molar-refractivity contribution >= 4 is 5.97 Å². The minimum atomic E-state index is -0.838. The van der Waals surface area contributed by atoms with Crippen LogP contribution < -0.4 is 10.1 Å². The van der Waals surface area contributed by atoms with Gasteiger partial charge in [0.25, 0.3) is 0 Å². The first kappa shape index (κ1) is 16.4. The third-order valence-electron chi connectivity index (χ3n) is 3.36. The van der Waals surface area contributed by atoms with Crippen LogP contribution >= 0.6 is 0 Å². The van der Waals surface area contributed by atoms with Crippen molar-refractivity contribution in [1.82, 2.24) is 5.32 Å². The molecule has 1 aromatic carbocycles. The molecule has 0 aliphatic carbocycles. The van der Waals surface area contributed by atoms with Crippen molar-refractivity contribution in [1.29, 1.82) is 0 Å². The predicted octanol–water partition coefficient (Wildman–Crippen LogP) is 2.44. The number of methoxy groups -OCH3 is 1. The second-order valence-corrected chi connectivity index (χ2v) is 5.12. The molecular weight excluding hydrogens is 261 g/mol. The highest BCUT2D eigenvalue weighted by Gasteiger charge is 2.35. The number of halogens is 1. The molecule has 0 amide bonds. The Hall–Kier alpha value is -1.62. The molecule has 0 spiro atoms. The second kappa shape index (κ2) is 6.70. The van der Waals surface area contributed by atoms with Crippen molar-refractivity contribution < 1.29 is 18.7 Å². The van der Waals surface area contributed by atoms with E-state index >= 15 is 0 Å². The maximum absolute atomic E-state index is 13.2. The first-order valence-electron chi connectivity index (χ1n) is 6.52. The van der Waals surface area contributed by atoms with E-state index in [4.69, 9.17) is 9.47 Å². The van der Waals surface area contributed by atoms with Gasteiger partial charge in [0.15, 0.2) is 0 Å². The Labute approximate surface area is 119 Å². The second-order valence-electron chi connectivity index (χ2n) is 5.12. The van der Waals surface area contributed by atoms with Crippen LogP contribution in [0, 0.1) is 12.7 Å². The molecule has 0 saturated heterocycles. The average Bonchev–Trinajstić information content (AvgIpc) is 2.41. The minimum absolute atomic E-state index is 0.271. The summed E-state index contributed by atoms with van der Waals surface area (Å²) < 4.78 is 23.7. The number of carbonyl (C=O) groups excluding carboxylic acids is 1. The normalized spacial score (nSPS) is 15.3. The van der Waals surface area contributed by atoms with Gasteiger partial charge in [0.2, 0.25) is 0 Å². The molecule has 112 valence electrons. The molecule has 1 aromatic rings. The molecule has 0 aliphatic heterocycles. The smallest absolute Gasteiger partial charge is 0.325 e. The molecule has 0 aliphatic rings. The van der Waals surface area contributed by atoms with Gasteiger partial charge < -0.3 is 14.8 Å². The van der Waals surface area contributed by atoms with Crippen LogP contribution in [0.2, 0.25) is 0 Å². The van der Waals surface area contributed by atoms with E-state index in [9.17, 15) is 9.18 Å². The zero-order chi connectivity index (χ0) is 15.3. The number of carbonyl (C=O) groups is 1. The van der Waals surface area contributed by atoms with E-state index in [1.54, 1.807) is 20.0 Å². The van der Waals surface area contributed by atoms with Gasteiger partial charge in [-0.05, 0) is 39.4 Å². The molecule has 0 radical (unpaired) electrons. The van der Waals surface area contributed by atoms with E-state index in [0.717, 1.165) is 5.56 Å². The summed E-state index contributed by atoms with van der Waals surface area (Å²) in [6.07, 6.45) is 0.138. The quantitative estimate of drug-likeness (QED) is 0.815. The van der Waals surface area contributed by atoms with E-state index in [0.29, 0.717) is 12.2 Å². The molecular formula is C15H22FNO3. The van der Waals surface area contributed by atoms with Gasteiger partial charge >= 0.3 is 5.97 Å². The highest BCUT2D eigenvalue weighted by atomic mass is 19.1. The van der Waals surface area contributed by atoms with E-state index in [1.807, 2.05) is 13.8 Å². The lowest BCUT2D eigenvalue weighted by Gasteiger charge is -2.29. The standard InChI is InChI=1S/C15H22FNO3/c1-10-6-7-12(16)8-13(10)20-11(2)9-15(3,17-4)14(18)19-5/h6-8,11,17H,9H2,1-5H3. The summed E-state index contributed by atoms with van der Waals surface area (Å²) in [6.45, 7) is 5.43. The molecule has 4 nitrogen and oxygen atoms in total. The van der Waals surface area contributed by atoms with Crippen LogP contribution in [0.15, 0.2) is 18.2 Å². The first-order valence-corrected chi connectivity index (χ1v) is 6.52. The Morgan fingerprint density at radius 1 is 1.50 bits per heavy atom.